The second-order valence-electron chi connectivity index (χ2n) is 6.80. The van der Waals surface area contributed by atoms with Crippen LogP contribution in [0.25, 0.3) is 0 Å². The van der Waals surface area contributed by atoms with Crippen LogP contribution in [-0.4, -0.2) is 47.8 Å². The molecule has 0 atom stereocenters. The summed E-state index contributed by atoms with van der Waals surface area (Å²) in [5.74, 6) is 0.752. The van der Waals surface area contributed by atoms with Gasteiger partial charge in [0.15, 0.2) is 6.79 Å². The lowest BCUT2D eigenvalue weighted by Crippen LogP contribution is -2.36. The van der Waals surface area contributed by atoms with Crippen molar-refractivity contribution in [1.29, 1.82) is 0 Å². The number of hydrogen-bond acceptors (Lipinski definition) is 5. The first-order chi connectivity index (χ1) is 10.5. The van der Waals surface area contributed by atoms with Gasteiger partial charge >= 0.3 is 0 Å². The van der Waals surface area contributed by atoms with Crippen molar-refractivity contribution in [1.82, 2.24) is 0 Å². The Labute approximate surface area is 134 Å². The zero-order valence-electron chi connectivity index (χ0n) is 13.9. The fourth-order valence-corrected chi connectivity index (χ4v) is 3.02. The predicted molar refractivity (Wildman–Crippen MR) is 93.5 cm³/mol. The maximum absolute atomic E-state index is 6.14. The average molecular weight is 324 g/mol. The first-order valence-electron chi connectivity index (χ1n) is 7.88. The Bertz CT molecular complexity index is 471. The first kappa shape index (κ1) is 17.1. The van der Waals surface area contributed by atoms with Gasteiger partial charge in [-0.25, -0.2) is 0 Å². The molecule has 0 spiro atoms. The molecule has 1 aromatic carbocycles. The number of nitrogens with zero attached hydrogens (tertiary/aromatic N) is 1. The predicted octanol–water partition coefficient (Wildman–Crippen LogP) is 2.80. The third kappa shape index (κ3) is 5.51. The lowest BCUT2D eigenvalue weighted by molar-refractivity contribution is 0.0221. The van der Waals surface area contributed by atoms with Crippen molar-refractivity contribution in [2.24, 2.45) is 0 Å². The van der Waals surface area contributed by atoms with Crippen LogP contribution in [0.1, 0.15) is 0 Å². The van der Waals surface area contributed by atoms with Crippen LogP contribution in [0.15, 0.2) is 18.2 Å². The summed E-state index contributed by atoms with van der Waals surface area (Å²) in [6.45, 7) is 11.3. The van der Waals surface area contributed by atoms with E-state index in [1.54, 1.807) is 0 Å². The highest BCUT2D eigenvalue weighted by atomic mass is 28.3. The molecule has 0 aromatic heterocycles. The normalized spacial score (nSPS) is 15.9. The van der Waals surface area contributed by atoms with Gasteiger partial charge in [0.05, 0.1) is 24.6 Å². The van der Waals surface area contributed by atoms with Crippen molar-refractivity contribution in [3.63, 3.8) is 0 Å². The number of rotatable bonds is 7. The van der Waals surface area contributed by atoms with Gasteiger partial charge in [0.25, 0.3) is 0 Å². The average Bonchev–Trinajstić information content (AvgIpc) is 2.47. The van der Waals surface area contributed by atoms with Gasteiger partial charge in [0.2, 0.25) is 0 Å². The fraction of sp³-hybridized carbons (Fsp3) is 0.625. The van der Waals surface area contributed by atoms with E-state index in [9.17, 15) is 0 Å². The van der Waals surface area contributed by atoms with Crippen LogP contribution >= 0.6 is 0 Å². The minimum atomic E-state index is -1.04. The van der Waals surface area contributed by atoms with Gasteiger partial charge in [0, 0.05) is 33.8 Å². The summed E-state index contributed by atoms with van der Waals surface area (Å²) in [4.78, 5) is 2.24. The number of morpholine rings is 1. The van der Waals surface area contributed by atoms with E-state index < -0.39 is 8.07 Å². The van der Waals surface area contributed by atoms with Crippen molar-refractivity contribution < 1.29 is 14.2 Å². The molecule has 2 N–H and O–H groups in total. The number of anilines is 2. The zero-order valence-corrected chi connectivity index (χ0v) is 14.9. The number of nitrogen functional groups attached to an aromatic ring is 1. The van der Waals surface area contributed by atoms with Crippen molar-refractivity contribution in [2.45, 2.75) is 25.7 Å². The van der Waals surface area contributed by atoms with Crippen molar-refractivity contribution in [2.75, 3.05) is 50.3 Å². The van der Waals surface area contributed by atoms with Crippen LogP contribution < -0.4 is 15.4 Å². The van der Waals surface area contributed by atoms with Gasteiger partial charge in [0.1, 0.15) is 5.75 Å². The summed E-state index contributed by atoms with van der Waals surface area (Å²) in [7, 11) is -1.04. The third-order valence-corrected chi connectivity index (χ3v) is 5.36. The van der Waals surface area contributed by atoms with Gasteiger partial charge in [-0.1, -0.05) is 19.6 Å². The molecule has 1 aromatic rings. The summed E-state index contributed by atoms with van der Waals surface area (Å²) in [5.41, 5.74) is 7.93. The van der Waals surface area contributed by atoms with Crippen LogP contribution in [0.4, 0.5) is 11.4 Å². The summed E-state index contributed by atoms with van der Waals surface area (Å²) < 4.78 is 16.5. The van der Waals surface area contributed by atoms with E-state index in [4.69, 9.17) is 19.9 Å². The second kappa shape index (κ2) is 7.85. The van der Waals surface area contributed by atoms with Gasteiger partial charge in [-0.15, -0.1) is 0 Å². The second-order valence-corrected chi connectivity index (χ2v) is 12.4. The molecular formula is C16H28N2O3Si. The molecule has 1 aliphatic heterocycles. The van der Waals surface area contributed by atoms with Gasteiger partial charge in [-0.2, -0.15) is 0 Å². The van der Waals surface area contributed by atoms with Crippen LogP contribution in [0, 0.1) is 0 Å². The molecule has 0 amide bonds. The number of nitrogens with two attached hydrogens (primary N) is 1. The van der Waals surface area contributed by atoms with Crippen LogP contribution in [0.2, 0.25) is 25.7 Å². The lowest BCUT2D eigenvalue weighted by atomic mass is 10.2. The monoisotopic (exact) mass is 324 g/mol. The summed E-state index contributed by atoms with van der Waals surface area (Å²) in [6, 6.07) is 6.97. The molecule has 6 heteroatoms. The van der Waals surface area contributed by atoms with Gasteiger partial charge < -0.3 is 24.8 Å². The molecule has 1 saturated heterocycles. The molecule has 0 unspecified atom stereocenters. The highest BCUT2D eigenvalue weighted by Crippen LogP contribution is 2.28. The van der Waals surface area contributed by atoms with Crippen molar-refractivity contribution >= 4 is 19.4 Å². The Morgan fingerprint density at radius 2 is 1.95 bits per heavy atom. The molecule has 124 valence electrons. The minimum Gasteiger partial charge on any atom is -0.467 e. The number of benzene rings is 1. The highest BCUT2D eigenvalue weighted by Gasteiger charge is 2.14. The Morgan fingerprint density at radius 1 is 1.23 bits per heavy atom. The van der Waals surface area contributed by atoms with E-state index in [-0.39, 0.29) is 6.79 Å². The molecule has 0 aliphatic carbocycles. The first-order valence-corrected chi connectivity index (χ1v) is 11.6. The van der Waals surface area contributed by atoms with Gasteiger partial charge in [-0.3, -0.25) is 0 Å². The third-order valence-electron chi connectivity index (χ3n) is 3.66. The topological polar surface area (TPSA) is 57.0 Å². The Hall–Kier alpha value is -1.24. The smallest absolute Gasteiger partial charge is 0.189 e. The SMILES string of the molecule is C[Si](C)(C)CCOCOc1ccc(N2CCOCC2)c(N)c1. The Morgan fingerprint density at radius 3 is 2.59 bits per heavy atom. The van der Waals surface area contributed by atoms with Crippen LogP contribution in [0.5, 0.6) is 5.75 Å². The van der Waals surface area contributed by atoms with E-state index in [1.165, 1.54) is 0 Å². The van der Waals surface area contributed by atoms with E-state index in [1.807, 2.05) is 18.2 Å². The maximum atomic E-state index is 6.14. The molecule has 0 radical (unpaired) electrons. The molecule has 0 saturated carbocycles. The van der Waals surface area contributed by atoms with Crippen molar-refractivity contribution in [3.8, 4) is 5.75 Å². The fourth-order valence-electron chi connectivity index (χ4n) is 2.26. The van der Waals surface area contributed by atoms with Crippen LogP contribution in [-0.2, 0) is 9.47 Å². The standard InChI is InChI=1S/C16H28N2O3Si/c1-22(2,3)11-10-20-13-21-14-4-5-16(15(17)12-14)18-6-8-19-9-7-18/h4-5,12H,6-11,13,17H2,1-3H3. The molecular weight excluding hydrogens is 296 g/mol. The molecule has 22 heavy (non-hydrogen) atoms. The molecule has 2 rings (SSSR count). The molecule has 0 bridgehead atoms. The van der Waals surface area contributed by atoms with E-state index in [0.717, 1.165) is 56.1 Å². The van der Waals surface area contributed by atoms with Crippen LogP contribution in [0.3, 0.4) is 0 Å². The zero-order chi connectivity index (χ0) is 16.0. The summed E-state index contributed by atoms with van der Waals surface area (Å²) in [5, 5.41) is 0. The van der Waals surface area contributed by atoms with E-state index in [2.05, 4.69) is 24.5 Å². The van der Waals surface area contributed by atoms with Crippen molar-refractivity contribution in [3.05, 3.63) is 18.2 Å². The lowest BCUT2D eigenvalue weighted by Gasteiger charge is -2.30. The largest absolute Gasteiger partial charge is 0.467 e. The summed E-state index contributed by atoms with van der Waals surface area (Å²) >= 11 is 0. The molecule has 1 aliphatic rings. The molecule has 5 nitrogen and oxygen atoms in total. The maximum Gasteiger partial charge on any atom is 0.189 e. The molecule has 1 fully saturated rings. The molecule has 1 heterocycles. The minimum absolute atomic E-state index is 0.279. The summed E-state index contributed by atoms with van der Waals surface area (Å²) in [6.07, 6.45) is 0. The van der Waals surface area contributed by atoms with E-state index >= 15 is 0 Å². The Kier molecular flexibility index (Phi) is 6.11. The van der Waals surface area contributed by atoms with Gasteiger partial charge in [-0.05, 0) is 18.2 Å². The number of ether oxygens (including phenoxy) is 3. The number of hydrogen-bond donors (Lipinski definition) is 1. The Balaban J connectivity index is 1.79. The highest BCUT2D eigenvalue weighted by molar-refractivity contribution is 6.76. The van der Waals surface area contributed by atoms with E-state index in [0.29, 0.717) is 0 Å². The quantitative estimate of drug-likeness (QED) is 0.362.